The first kappa shape index (κ1) is 14.9. The predicted octanol–water partition coefficient (Wildman–Crippen LogP) is 2.19. The van der Waals surface area contributed by atoms with E-state index in [0.29, 0.717) is 13.1 Å². The van der Waals surface area contributed by atoms with Gasteiger partial charge in [-0.3, -0.25) is 9.69 Å². The Morgan fingerprint density at radius 2 is 2.00 bits per heavy atom. The monoisotopic (exact) mass is 249 g/mol. The molecule has 0 atom stereocenters. The molecular formula is C15H23NO2. The smallest absolute Gasteiger partial charge is 0.177 e. The summed E-state index contributed by atoms with van der Waals surface area (Å²) in [5.74, 6) is 0.134. The molecule has 1 aromatic rings. The number of aliphatic hydroxyl groups excluding tert-OH is 1. The van der Waals surface area contributed by atoms with Gasteiger partial charge < -0.3 is 5.11 Å². The molecule has 1 N–H and O–H groups in total. The van der Waals surface area contributed by atoms with Gasteiger partial charge in [0.05, 0.1) is 13.2 Å². The van der Waals surface area contributed by atoms with Crippen molar-refractivity contribution in [3.05, 3.63) is 34.9 Å². The van der Waals surface area contributed by atoms with Crippen LogP contribution in [0, 0.1) is 13.8 Å². The lowest BCUT2D eigenvalue weighted by Crippen LogP contribution is -2.33. The molecule has 0 bridgehead atoms. The second-order valence-corrected chi connectivity index (χ2v) is 4.74. The van der Waals surface area contributed by atoms with E-state index in [-0.39, 0.29) is 12.4 Å². The number of carbonyl (C=O) groups excluding carboxylic acids is 1. The molecule has 0 aliphatic carbocycles. The second kappa shape index (κ2) is 7.29. The normalized spacial score (nSPS) is 10.9. The van der Waals surface area contributed by atoms with Gasteiger partial charge in [0, 0.05) is 12.1 Å². The van der Waals surface area contributed by atoms with Gasteiger partial charge in [0.25, 0.3) is 0 Å². The Morgan fingerprint density at radius 3 is 2.56 bits per heavy atom. The van der Waals surface area contributed by atoms with Crippen LogP contribution in [0.5, 0.6) is 0 Å². The minimum absolute atomic E-state index is 0.0974. The average Bonchev–Trinajstić information content (AvgIpc) is 2.29. The van der Waals surface area contributed by atoms with Crippen LogP contribution in [0.4, 0.5) is 0 Å². The molecule has 0 heterocycles. The average molecular weight is 249 g/mol. The number of carbonyl (C=O) groups is 1. The SMILES string of the molecule is CCCN(CCO)CC(=O)c1ccc(C)cc1C. The first-order valence-electron chi connectivity index (χ1n) is 6.52. The minimum Gasteiger partial charge on any atom is -0.395 e. The summed E-state index contributed by atoms with van der Waals surface area (Å²) in [6.45, 7) is 7.96. The molecule has 3 heteroatoms. The van der Waals surface area contributed by atoms with Gasteiger partial charge in [-0.25, -0.2) is 0 Å². The van der Waals surface area contributed by atoms with Crippen molar-refractivity contribution in [1.82, 2.24) is 4.90 Å². The molecule has 0 aromatic heterocycles. The number of aliphatic hydroxyl groups is 1. The Hall–Kier alpha value is -1.19. The van der Waals surface area contributed by atoms with Crippen molar-refractivity contribution in [3.63, 3.8) is 0 Å². The van der Waals surface area contributed by atoms with Crippen molar-refractivity contribution in [2.75, 3.05) is 26.2 Å². The van der Waals surface area contributed by atoms with E-state index in [2.05, 4.69) is 6.92 Å². The molecule has 0 amide bonds. The number of hydrogen-bond donors (Lipinski definition) is 1. The van der Waals surface area contributed by atoms with Gasteiger partial charge in [-0.1, -0.05) is 30.7 Å². The van der Waals surface area contributed by atoms with Crippen LogP contribution in [0.25, 0.3) is 0 Å². The first-order chi connectivity index (χ1) is 8.58. The van der Waals surface area contributed by atoms with E-state index in [1.54, 1.807) is 0 Å². The Morgan fingerprint density at radius 1 is 1.28 bits per heavy atom. The molecule has 0 spiro atoms. The van der Waals surface area contributed by atoms with Crippen LogP contribution in [0.2, 0.25) is 0 Å². The van der Waals surface area contributed by atoms with Crippen molar-refractivity contribution in [1.29, 1.82) is 0 Å². The number of hydrogen-bond acceptors (Lipinski definition) is 3. The summed E-state index contributed by atoms with van der Waals surface area (Å²) in [5, 5.41) is 8.98. The molecule has 3 nitrogen and oxygen atoms in total. The Bertz CT molecular complexity index is 395. The van der Waals surface area contributed by atoms with Crippen LogP contribution >= 0.6 is 0 Å². The Kier molecular flexibility index (Phi) is 6.02. The molecular weight excluding hydrogens is 226 g/mol. The molecule has 100 valence electrons. The van der Waals surface area contributed by atoms with Gasteiger partial charge >= 0.3 is 0 Å². The van der Waals surface area contributed by atoms with E-state index in [9.17, 15) is 4.79 Å². The van der Waals surface area contributed by atoms with E-state index in [1.807, 2.05) is 36.9 Å². The molecule has 0 saturated carbocycles. The molecule has 0 radical (unpaired) electrons. The highest BCUT2D eigenvalue weighted by molar-refractivity contribution is 5.98. The molecule has 1 rings (SSSR count). The van der Waals surface area contributed by atoms with Gasteiger partial charge in [0.1, 0.15) is 0 Å². The summed E-state index contributed by atoms with van der Waals surface area (Å²) >= 11 is 0. The second-order valence-electron chi connectivity index (χ2n) is 4.74. The zero-order valence-electron chi connectivity index (χ0n) is 11.6. The van der Waals surface area contributed by atoms with Gasteiger partial charge in [-0.15, -0.1) is 0 Å². The van der Waals surface area contributed by atoms with E-state index in [0.717, 1.165) is 24.1 Å². The summed E-state index contributed by atoms with van der Waals surface area (Å²) in [7, 11) is 0. The van der Waals surface area contributed by atoms with Gasteiger partial charge in [0.2, 0.25) is 0 Å². The molecule has 0 aliphatic heterocycles. The molecule has 0 fully saturated rings. The Labute approximate surface area is 109 Å². The summed E-state index contributed by atoms with van der Waals surface area (Å²) in [5.41, 5.74) is 2.99. The van der Waals surface area contributed by atoms with E-state index < -0.39 is 0 Å². The van der Waals surface area contributed by atoms with Crippen LogP contribution in [0.3, 0.4) is 0 Å². The third-order valence-corrected chi connectivity index (χ3v) is 3.01. The van der Waals surface area contributed by atoms with Crippen molar-refractivity contribution < 1.29 is 9.90 Å². The Balaban J connectivity index is 2.73. The van der Waals surface area contributed by atoms with Gasteiger partial charge in [0.15, 0.2) is 5.78 Å². The van der Waals surface area contributed by atoms with Crippen molar-refractivity contribution >= 4 is 5.78 Å². The lowest BCUT2D eigenvalue weighted by molar-refractivity contribution is 0.0914. The quantitative estimate of drug-likeness (QED) is 0.753. The fourth-order valence-electron chi connectivity index (χ4n) is 2.14. The fraction of sp³-hybridized carbons (Fsp3) is 0.533. The van der Waals surface area contributed by atoms with E-state index in [1.165, 1.54) is 5.56 Å². The first-order valence-corrected chi connectivity index (χ1v) is 6.52. The fourth-order valence-corrected chi connectivity index (χ4v) is 2.14. The standard InChI is InChI=1S/C15H23NO2/c1-4-7-16(8-9-17)11-15(18)14-6-5-12(2)10-13(14)3/h5-6,10,17H,4,7-9,11H2,1-3H3. The third kappa shape index (κ3) is 4.24. The molecule has 0 unspecified atom stereocenters. The zero-order chi connectivity index (χ0) is 13.5. The third-order valence-electron chi connectivity index (χ3n) is 3.01. The number of Topliss-reactive ketones (excluding diaryl/α,β-unsaturated/α-hetero) is 1. The number of benzene rings is 1. The highest BCUT2D eigenvalue weighted by atomic mass is 16.3. The zero-order valence-corrected chi connectivity index (χ0v) is 11.6. The van der Waals surface area contributed by atoms with E-state index >= 15 is 0 Å². The maximum atomic E-state index is 12.2. The summed E-state index contributed by atoms with van der Waals surface area (Å²) in [6.07, 6.45) is 0.986. The summed E-state index contributed by atoms with van der Waals surface area (Å²) in [6, 6.07) is 5.90. The number of ketones is 1. The molecule has 18 heavy (non-hydrogen) atoms. The summed E-state index contributed by atoms with van der Waals surface area (Å²) < 4.78 is 0. The molecule has 0 aliphatic rings. The van der Waals surface area contributed by atoms with Gasteiger partial charge in [-0.2, -0.15) is 0 Å². The van der Waals surface area contributed by atoms with Crippen LogP contribution in [-0.4, -0.2) is 42.0 Å². The highest BCUT2D eigenvalue weighted by Gasteiger charge is 2.13. The highest BCUT2D eigenvalue weighted by Crippen LogP contribution is 2.12. The van der Waals surface area contributed by atoms with Crippen molar-refractivity contribution in [2.24, 2.45) is 0 Å². The summed E-state index contributed by atoms with van der Waals surface area (Å²) in [4.78, 5) is 14.2. The van der Waals surface area contributed by atoms with Crippen molar-refractivity contribution in [2.45, 2.75) is 27.2 Å². The minimum atomic E-state index is 0.0974. The largest absolute Gasteiger partial charge is 0.395 e. The predicted molar refractivity (Wildman–Crippen MR) is 74.1 cm³/mol. The molecule has 0 saturated heterocycles. The molecule has 1 aromatic carbocycles. The van der Waals surface area contributed by atoms with Crippen LogP contribution in [0.1, 0.15) is 34.8 Å². The number of aryl methyl sites for hydroxylation is 2. The number of nitrogens with zero attached hydrogens (tertiary/aromatic N) is 1. The van der Waals surface area contributed by atoms with Gasteiger partial charge in [-0.05, 0) is 32.4 Å². The lowest BCUT2D eigenvalue weighted by atomic mass is 10.0. The van der Waals surface area contributed by atoms with Crippen molar-refractivity contribution in [3.8, 4) is 0 Å². The maximum absolute atomic E-state index is 12.2. The van der Waals surface area contributed by atoms with Crippen LogP contribution in [0.15, 0.2) is 18.2 Å². The van der Waals surface area contributed by atoms with E-state index in [4.69, 9.17) is 5.11 Å². The number of rotatable bonds is 7. The topological polar surface area (TPSA) is 40.5 Å². The lowest BCUT2D eigenvalue weighted by Gasteiger charge is -2.20. The maximum Gasteiger partial charge on any atom is 0.177 e. The van der Waals surface area contributed by atoms with Crippen LogP contribution in [-0.2, 0) is 0 Å². The van der Waals surface area contributed by atoms with Crippen LogP contribution < -0.4 is 0 Å².